The number of sulfonamides is 1. The molecular formula is C24H27N3O5S. The normalized spacial score (nSPS) is 14.8. The Morgan fingerprint density at radius 1 is 1.09 bits per heavy atom. The molecule has 0 atom stereocenters. The second-order valence-corrected chi connectivity index (χ2v) is 9.89. The van der Waals surface area contributed by atoms with Crippen LogP contribution >= 0.6 is 0 Å². The zero-order valence-corrected chi connectivity index (χ0v) is 19.5. The first-order valence-corrected chi connectivity index (χ1v) is 12.3. The van der Waals surface area contributed by atoms with Crippen LogP contribution in [0.2, 0.25) is 0 Å². The molecular weight excluding hydrogens is 442 g/mol. The number of aromatic nitrogens is 1. The van der Waals surface area contributed by atoms with Crippen LogP contribution in [0.5, 0.6) is 0 Å². The molecule has 1 amide bonds. The lowest BCUT2D eigenvalue weighted by Crippen LogP contribution is -2.40. The van der Waals surface area contributed by atoms with Gasteiger partial charge in [-0.05, 0) is 56.2 Å². The number of hydrogen-bond donors (Lipinski definition) is 1. The van der Waals surface area contributed by atoms with Gasteiger partial charge in [-0.3, -0.25) is 4.79 Å². The van der Waals surface area contributed by atoms with Gasteiger partial charge in [-0.15, -0.1) is 0 Å². The Balaban J connectivity index is 1.34. The topological polar surface area (TPSA) is 102 Å². The highest BCUT2D eigenvalue weighted by Gasteiger charge is 2.26. The van der Waals surface area contributed by atoms with Crippen LogP contribution in [0.15, 0.2) is 57.8 Å². The van der Waals surface area contributed by atoms with Crippen LogP contribution < -0.4 is 5.32 Å². The summed E-state index contributed by atoms with van der Waals surface area (Å²) >= 11 is 0. The van der Waals surface area contributed by atoms with E-state index in [1.54, 1.807) is 24.3 Å². The molecule has 0 spiro atoms. The summed E-state index contributed by atoms with van der Waals surface area (Å²) < 4.78 is 37.8. The lowest BCUT2D eigenvalue weighted by molar-refractivity contribution is -0.116. The second kappa shape index (κ2) is 9.86. The molecule has 1 N–H and O–H groups in total. The van der Waals surface area contributed by atoms with Crippen LogP contribution in [0, 0.1) is 13.8 Å². The Morgan fingerprint density at radius 2 is 1.82 bits per heavy atom. The first kappa shape index (κ1) is 23.2. The number of nitrogens with one attached hydrogen (secondary N) is 1. The van der Waals surface area contributed by atoms with Gasteiger partial charge in [0.2, 0.25) is 21.8 Å². The summed E-state index contributed by atoms with van der Waals surface area (Å²) in [4.78, 5) is 17.1. The molecule has 0 radical (unpaired) electrons. The number of carbonyl (C=O) groups excluding carboxylic acids is 1. The molecule has 4 rings (SSSR count). The minimum absolute atomic E-state index is 0.128. The lowest BCUT2D eigenvalue weighted by atomic mass is 10.1. The molecule has 33 heavy (non-hydrogen) atoms. The molecule has 0 saturated carbocycles. The number of rotatable bonds is 7. The van der Waals surface area contributed by atoms with Crippen molar-refractivity contribution in [1.82, 2.24) is 9.29 Å². The van der Waals surface area contributed by atoms with Crippen molar-refractivity contribution in [3.63, 3.8) is 0 Å². The summed E-state index contributed by atoms with van der Waals surface area (Å²) in [6.07, 6.45) is 0.776. The maximum absolute atomic E-state index is 12.7. The predicted octanol–water partition coefficient (Wildman–Crippen LogP) is 3.55. The van der Waals surface area contributed by atoms with Crippen molar-refractivity contribution in [3.8, 4) is 11.5 Å². The minimum Gasteiger partial charge on any atom is -0.441 e. The van der Waals surface area contributed by atoms with E-state index in [2.05, 4.69) is 10.3 Å². The number of amides is 1. The second-order valence-electron chi connectivity index (χ2n) is 7.95. The standard InChI is InChI=1S/C24H27N3O5S/c1-17-18(2)32-24(25-17)20-4-3-5-21(16-20)26-23(28)11-8-19-6-9-22(10-7-19)33(29,30)27-12-14-31-15-13-27/h3-7,9-10,16H,8,11-15H2,1-2H3,(H,26,28). The average molecular weight is 470 g/mol. The van der Waals surface area contributed by atoms with Gasteiger partial charge in [0.1, 0.15) is 5.76 Å². The van der Waals surface area contributed by atoms with E-state index < -0.39 is 10.0 Å². The average Bonchev–Trinajstić information content (AvgIpc) is 3.17. The van der Waals surface area contributed by atoms with Crippen molar-refractivity contribution < 1.29 is 22.4 Å². The fourth-order valence-corrected chi connectivity index (χ4v) is 4.98. The molecule has 8 nitrogen and oxygen atoms in total. The highest BCUT2D eigenvalue weighted by atomic mass is 32.2. The molecule has 174 valence electrons. The van der Waals surface area contributed by atoms with Gasteiger partial charge >= 0.3 is 0 Å². The summed E-state index contributed by atoms with van der Waals surface area (Å²) in [6, 6.07) is 14.1. The quantitative estimate of drug-likeness (QED) is 0.568. The van der Waals surface area contributed by atoms with E-state index in [4.69, 9.17) is 9.15 Å². The van der Waals surface area contributed by atoms with Gasteiger partial charge in [0.15, 0.2) is 0 Å². The fourth-order valence-electron chi connectivity index (χ4n) is 3.57. The Hall–Kier alpha value is -3.01. The molecule has 0 unspecified atom stereocenters. The van der Waals surface area contributed by atoms with Crippen LogP contribution in [0.25, 0.3) is 11.5 Å². The van der Waals surface area contributed by atoms with Gasteiger partial charge in [-0.2, -0.15) is 4.31 Å². The Labute approximate surface area is 193 Å². The van der Waals surface area contributed by atoms with Gasteiger partial charge < -0.3 is 14.5 Å². The number of anilines is 1. The summed E-state index contributed by atoms with van der Waals surface area (Å²) in [5.41, 5.74) is 3.19. The molecule has 3 aromatic rings. The van der Waals surface area contributed by atoms with E-state index in [1.165, 1.54) is 4.31 Å². The molecule has 9 heteroatoms. The number of oxazole rings is 1. The zero-order chi connectivity index (χ0) is 23.4. The van der Waals surface area contributed by atoms with Crippen molar-refractivity contribution in [3.05, 3.63) is 65.5 Å². The van der Waals surface area contributed by atoms with Crippen LogP contribution in [0.1, 0.15) is 23.4 Å². The highest BCUT2D eigenvalue weighted by molar-refractivity contribution is 7.89. The SMILES string of the molecule is Cc1nc(-c2cccc(NC(=O)CCc3ccc(S(=O)(=O)N4CCOCC4)cc3)c2)oc1C. The maximum Gasteiger partial charge on any atom is 0.243 e. The molecule has 1 aromatic heterocycles. The maximum atomic E-state index is 12.7. The first-order chi connectivity index (χ1) is 15.8. The highest BCUT2D eigenvalue weighted by Crippen LogP contribution is 2.24. The van der Waals surface area contributed by atoms with Crippen molar-refractivity contribution >= 4 is 21.6 Å². The van der Waals surface area contributed by atoms with Crippen LogP contribution in [0.3, 0.4) is 0 Å². The number of nitrogens with zero attached hydrogens (tertiary/aromatic N) is 2. The summed E-state index contributed by atoms with van der Waals surface area (Å²) in [6.45, 7) is 5.29. The monoisotopic (exact) mass is 469 g/mol. The van der Waals surface area contributed by atoms with E-state index >= 15 is 0 Å². The number of benzene rings is 2. The number of hydrogen-bond acceptors (Lipinski definition) is 6. The van der Waals surface area contributed by atoms with Gasteiger partial charge in [0.05, 0.1) is 23.8 Å². The third-order valence-corrected chi connectivity index (χ3v) is 7.51. The summed E-state index contributed by atoms with van der Waals surface area (Å²) in [5, 5.41) is 2.90. The van der Waals surface area contributed by atoms with Gasteiger partial charge in [-0.1, -0.05) is 18.2 Å². The van der Waals surface area contributed by atoms with Crippen LogP contribution in [-0.4, -0.2) is 49.9 Å². The molecule has 1 fully saturated rings. The number of aryl methyl sites for hydroxylation is 3. The van der Waals surface area contributed by atoms with E-state index in [9.17, 15) is 13.2 Å². The number of morpholine rings is 1. The summed E-state index contributed by atoms with van der Waals surface area (Å²) in [7, 11) is -3.52. The molecule has 2 aromatic carbocycles. The van der Waals surface area contributed by atoms with E-state index in [1.807, 2.05) is 38.1 Å². The van der Waals surface area contributed by atoms with E-state index in [0.29, 0.717) is 44.3 Å². The lowest BCUT2D eigenvalue weighted by Gasteiger charge is -2.26. The molecule has 1 aliphatic rings. The Morgan fingerprint density at radius 3 is 2.48 bits per heavy atom. The summed E-state index contributed by atoms with van der Waals surface area (Å²) in [5.74, 6) is 1.16. The van der Waals surface area contributed by atoms with Crippen LogP contribution in [0.4, 0.5) is 5.69 Å². The largest absolute Gasteiger partial charge is 0.441 e. The van der Waals surface area contributed by atoms with Gasteiger partial charge in [0, 0.05) is 30.8 Å². The zero-order valence-electron chi connectivity index (χ0n) is 18.7. The fraction of sp³-hybridized carbons (Fsp3) is 0.333. The van der Waals surface area contributed by atoms with Crippen LogP contribution in [-0.2, 0) is 26.0 Å². The van der Waals surface area contributed by atoms with Gasteiger partial charge in [-0.25, -0.2) is 13.4 Å². The van der Waals surface area contributed by atoms with Gasteiger partial charge in [0.25, 0.3) is 0 Å². The minimum atomic E-state index is -3.52. The molecule has 1 saturated heterocycles. The number of ether oxygens (including phenoxy) is 1. The smallest absolute Gasteiger partial charge is 0.243 e. The van der Waals surface area contributed by atoms with Crippen molar-refractivity contribution in [1.29, 1.82) is 0 Å². The van der Waals surface area contributed by atoms with E-state index in [0.717, 1.165) is 22.6 Å². The Bertz CT molecular complexity index is 1210. The third kappa shape index (κ3) is 5.50. The molecule has 0 bridgehead atoms. The molecule has 1 aliphatic heterocycles. The van der Waals surface area contributed by atoms with Crippen molar-refractivity contribution in [2.75, 3.05) is 31.6 Å². The van der Waals surface area contributed by atoms with Crippen molar-refractivity contribution in [2.24, 2.45) is 0 Å². The first-order valence-electron chi connectivity index (χ1n) is 10.8. The number of carbonyl (C=O) groups is 1. The third-order valence-electron chi connectivity index (χ3n) is 5.59. The predicted molar refractivity (Wildman–Crippen MR) is 124 cm³/mol. The Kier molecular flexibility index (Phi) is 6.92. The molecule has 2 heterocycles. The van der Waals surface area contributed by atoms with Crippen molar-refractivity contribution in [2.45, 2.75) is 31.6 Å². The molecule has 0 aliphatic carbocycles. The van der Waals surface area contributed by atoms with E-state index in [-0.39, 0.29) is 17.2 Å².